The van der Waals surface area contributed by atoms with E-state index in [4.69, 9.17) is 4.74 Å². The van der Waals surface area contributed by atoms with Crippen molar-refractivity contribution in [3.63, 3.8) is 0 Å². The van der Waals surface area contributed by atoms with Gasteiger partial charge in [0.2, 0.25) is 11.8 Å². The molecule has 29 heavy (non-hydrogen) atoms. The average molecular weight is 400 g/mol. The average Bonchev–Trinajstić information content (AvgIpc) is 2.95. The van der Waals surface area contributed by atoms with Gasteiger partial charge in [0, 0.05) is 19.6 Å². The molecule has 2 aliphatic heterocycles. The number of ether oxygens (including phenoxy) is 1. The van der Waals surface area contributed by atoms with Crippen LogP contribution in [0.25, 0.3) is 0 Å². The second-order valence-corrected chi connectivity index (χ2v) is 7.50. The molecular weight excluding hydrogens is 372 g/mol. The van der Waals surface area contributed by atoms with Gasteiger partial charge in [-0.3, -0.25) is 29.4 Å². The van der Waals surface area contributed by atoms with Crippen LogP contribution in [0.5, 0.6) is 0 Å². The number of hydrogen-bond acceptors (Lipinski definition) is 5. The fraction of sp³-hybridized carbons (Fsp3) is 0.545. The molecule has 1 atom stereocenters. The fourth-order valence-electron chi connectivity index (χ4n) is 3.99. The molecule has 0 bridgehead atoms. The van der Waals surface area contributed by atoms with Gasteiger partial charge in [-0.2, -0.15) is 0 Å². The predicted molar refractivity (Wildman–Crippen MR) is 106 cm³/mol. The van der Waals surface area contributed by atoms with Crippen LogP contribution in [0.1, 0.15) is 78.1 Å². The molecule has 1 saturated heterocycles. The van der Waals surface area contributed by atoms with Crippen molar-refractivity contribution in [2.45, 2.75) is 64.3 Å². The number of aryl methyl sites for hydroxylation is 1. The zero-order valence-electron chi connectivity index (χ0n) is 16.9. The van der Waals surface area contributed by atoms with Crippen LogP contribution in [0.3, 0.4) is 0 Å². The number of imide groups is 2. The molecule has 7 heteroatoms. The molecule has 1 N–H and O–H groups in total. The minimum absolute atomic E-state index is 0.125. The summed E-state index contributed by atoms with van der Waals surface area (Å²) in [6, 6.07) is 4.39. The van der Waals surface area contributed by atoms with E-state index < -0.39 is 23.8 Å². The quantitative estimate of drug-likeness (QED) is 0.481. The Morgan fingerprint density at radius 1 is 1.03 bits per heavy atom. The molecular formula is C22H28N2O5. The van der Waals surface area contributed by atoms with Gasteiger partial charge in [-0.1, -0.05) is 31.4 Å². The van der Waals surface area contributed by atoms with Crippen molar-refractivity contribution in [3.8, 4) is 0 Å². The van der Waals surface area contributed by atoms with Gasteiger partial charge in [0.15, 0.2) is 0 Å². The maximum absolute atomic E-state index is 13.0. The smallest absolute Gasteiger partial charge is 0.262 e. The van der Waals surface area contributed by atoms with Crippen molar-refractivity contribution in [2.24, 2.45) is 0 Å². The van der Waals surface area contributed by atoms with Gasteiger partial charge in [-0.25, -0.2) is 0 Å². The van der Waals surface area contributed by atoms with Gasteiger partial charge in [0.25, 0.3) is 11.8 Å². The SMILES string of the molecule is CCOCCCCCCCc1cccc2c1C(=O)N(C1CCC(=O)NC1=O)C2=O. The third kappa shape index (κ3) is 4.72. The zero-order valence-corrected chi connectivity index (χ0v) is 16.9. The number of amides is 4. The number of hydrogen-bond donors (Lipinski definition) is 1. The summed E-state index contributed by atoms with van der Waals surface area (Å²) in [5.41, 5.74) is 1.62. The molecule has 0 aliphatic carbocycles. The second kappa shape index (κ2) is 9.78. The summed E-state index contributed by atoms with van der Waals surface area (Å²) < 4.78 is 5.33. The van der Waals surface area contributed by atoms with E-state index in [1.807, 2.05) is 13.0 Å². The second-order valence-electron chi connectivity index (χ2n) is 7.50. The molecule has 1 aromatic carbocycles. The molecule has 7 nitrogen and oxygen atoms in total. The van der Waals surface area contributed by atoms with Crippen molar-refractivity contribution in [2.75, 3.05) is 13.2 Å². The molecule has 0 radical (unpaired) electrons. The van der Waals surface area contributed by atoms with E-state index in [1.54, 1.807) is 12.1 Å². The van der Waals surface area contributed by atoms with Crippen molar-refractivity contribution in [1.82, 2.24) is 10.2 Å². The van der Waals surface area contributed by atoms with Crippen LogP contribution < -0.4 is 5.32 Å². The van der Waals surface area contributed by atoms with Gasteiger partial charge in [-0.05, 0) is 44.2 Å². The van der Waals surface area contributed by atoms with E-state index in [2.05, 4.69) is 5.32 Å². The lowest BCUT2D eigenvalue weighted by Crippen LogP contribution is -2.54. The first-order chi connectivity index (χ1) is 14.0. The van der Waals surface area contributed by atoms with Gasteiger partial charge in [-0.15, -0.1) is 0 Å². The summed E-state index contributed by atoms with van der Waals surface area (Å²) in [7, 11) is 0. The molecule has 0 aromatic heterocycles. The fourth-order valence-corrected chi connectivity index (χ4v) is 3.99. The Balaban J connectivity index is 1.61. The number of piperidine rings is 1. The summed E-state index contributed by atoms with van der Waals surface area (Å²) in [6.07, 6.45) is 6.29. The molecule has 2 aliphatic rings. The van der Waals surface area contributed by atoms with Crippen LogP contribution in [-0.4, -0.2) is 47.8 Å². The van der Waals surface area contributed by atoms with Gasteiger partial charge < -0.3 is 4.74 Å². The molecule has 0 saturated carbocycles. The highest BCUT2D eigenvalue weighted by Gasteiger charge is 2.45. The van der Waals surface area contributed by atoms with Crippen LogP contribution in [0.15, 0.2) is 18.2 Å². The predicted octanol–water partition coefficient (Wildman–Crippen LogP) is 2.62. The highest BCUT2D eigenvalue weighted by Crippen LogP contribution is 2.30. The normalized spacial score (nSPS) is 18.9. The van der Waals surface area contributed by atoms with Crippen LogP contribution in [0.4, 0.5) is 0 Å². The molecule has 3 rings (SSSR count). The Morgan fingerprint density at radius 2 is 1.79 bits per heavy atom. The van der Waals surface area contributed by atoms with Crippen LogP contribution >= 0.6 is 0 Å². The minimum Gasteiger partial charge on any atom is -0.382 e. The molecule has 1 unspecified atom stereocenters. The van der Waals surface area contributed by atoms with Gasteiger partial charge in [0.1, 0.15) is 6.04 Å². The lowest BCUT2D eigenvalue weighted by atomic mass is 9.97. The Bertz CT molecular complexity index is 804. The largest absolute Gasteiger partial charge is 0.382 e. The summed E-state index contributed by atoms with van der Waals surface area (Å²) in [4.78, 5) is 50.4. The van der Waals surface area contributed by atoms with Crippen LogP contribution in [0, 0.1) is 0 Å². The van der Waals surface area contributed by atoms with Crippen molar-refractivity contribution in [1.29, 1.82) is 0 Å². The van der Waals surface area contributed by atoms with E-state index in [-0.39, 0.29) is 18.7 Å². The number of benzene rings is 1. The molecule has 156 valence electrons. The molecule has 4 amide bonds. The Labute approximate surface area is 170 Å². The van der Waals surface area contributed by atoms with E-state index in [9.17, 15) is 19.2 Å². The van der Waals surface area contributed by atoms with E-state index in [1.165, 1.54) is 0 Å². The van der Waals surface area contributed by atoms with Crippen molar-refractivity contribution >= 4 is 23.6 Å². The number of nitrogens with one attached hydrogen (secondary N) is 1. The highest BCUT2D eigenvalue weighted by molar-refractivity contribution is 6.24. The first-order valence-electron chi connectivity index (χ1n) is 10.5. The van der Waals surface area contributed by atoms with Gasteiger partial charge in [0.05, 0.1) is 11.1 Å². The first-order valence-corrected chi connectivity index (χ1v) is 10.5. The van der Waals surface area contributed by atoms with Crippen LogP contribution in [0.2, 0.25) is 0 Å². The molecule has 1 aromatic rings. The Morgan fingerprint density at radius 3 is 2.55 bits per heavy atom. The lowest BCUT2D eigenvalue weighted by Gasteiger charge is -2.27. The molecule has 0 spiro atoms. The lowest BCUT2D eigenvalue weighted by molar-refractivity contribution is -0.136. The topological polar surface area (TPSA) is 92.8 Å². The summed E-state index contributed by atoms with van der Waals surface area (Å²) in [5, 5.41) is 2.22. The Kier molecular flexibility index (Phi) is 7.14. The van der Waals surface area contributed by atoms with Gasteiger partial charge >= 0.3 is 0 Å². The minimum atomic E-state index is -0.918. The Hall–Kier alpha value is -2.54. The highest BCUT2D eigenvalue weighted by atomic mass is 16.5. The van der Waals surface area contributed by atoms with E-state index in [0.717, 1.165) is 62.2 Å². The number of nitrogens with zero attached hydrogens (tertiary/aromatic N) is 1. The number of fused-ring (bicyclic) bond motifs is 1. The number of rotatable bonds is 10. The monoisotopic (exact) mass is 400 g/mol. The maximum Gasteiger partial charge on any atom is 0.262 e. The molecule has 1 fully saturated rings. The third-order valence-corrected chi connectivity index (χ3v) is 5.49. The van der Waals surface area contributed by atoms with E-state index in [0.29, 0.717) is 11.1 Å². The van der Waals surface area contributed by atoms with Crippen LogP contribution in [-0.2, 0) is 20.7 Å². The third-order valence-electron chi connectivity index (χ3n) is 5.49. The summed E-state index contributed by atoms with van der Waals surface area (Å²) in [5.74, 6) is -1.82. The summed E-state index contributed by atoms with van der Waals surface area (Å²) in [6.45, 7) is 3.54. The zero-order chi connectivity index (χ0) is 20.8. The van der Waals surface area contributed by atoms with E-state index >= 15 is 0 Å². The number of carbonyl (C=O) groups is 4. The standard InChI is InChI=1S/C22H28N2O5/c1-2-29-14-7-5-3-4-6-9-15-10-8-11-16-19(15)22(28)24(21(16)27)17-12-13-18(25)23-20(17)26/h8,10-11,17H,2-7,9,12-14H2,1H3,(H,23,25,26). The van der Waals surface area contributed by atoms with Crippen molar-refractivity contribution < 1.29 is 23.9 Å². The van der Waals surface area contributed by atoms with Crippen molar-refractivity contribution in [3.05, 3.63) is 34.9 Å². The maximum atomic E-state index is 13.0. The molecule has 2 heterocycles. The first kappa shape index (κ1) is 21.2. The number of carbonyl (C=O) groups excluding carboxylic acids is 4. The number of unbranched alkanes of at least 4 members (excludes halogenated alkanes) is 4. The summed E-state index contributed by atoms with van der Waals surface area (Å²) >= 11 is 0.